The Morgan fingerprint density at radius 3 is 2.30 bits per heavy atom. The van der Waals surface area contributed by atoms with Gasteiger partial charge in [-0.2, -0.15) is 0 Å². The molecule has 2 aromatic rings. The van der Waals surface area contributed by atoms with Crippen LogP contribution in [-0.4, -0.2) is 42.9 Å². The lowest BCUT2D eigenvalue weighted by atomic mass is 9.74. The van der Waals surface area contributed by atoms with Gasteiger partial charge in [0.25, 0.3) is 0 Å². The van der Waals surface area contributed by atoms with Crippen molar-refractivity contribution in [2.24, 2.45) is 0 Å². The van der Waals surface area contributed by atoms with E-state index in [1.165, 1.54) is 31.4 Å². The molecule has 1 heterocycles. The summed E-state index contributed by atoms with van der Waals surface area (Å²) >= 11 is 0. The standard InChI is InChI=1S/C26H36FNO2/c1-2-3-4-5-9-16-26(29,23-12-14-24(27)15-13-23)25(22-10-7-6-8-11-22)21-28-17-19-30-20-18-28/h6-8,10-15,25,29H,2-5,9,16-21H2,1H3/t25-,26+/m1/s1. The highest BCUT2D eigenvalue weighted by atomic mass is 19.1. The van der Waals surface area contributed by atoms with Gasteiger partial charge in [0.1, 0.15) is 5.82 Å². The lowest BCUT2D eigenvalue weighted by Gasteiger charge is -2.41. The second kappa shape index (κ2) is 11.6. The first-order chi connectivity index (χ1) is 14.6. The summed E-state index contributed by atoms with van der Waals surface area (Å²) in [6.07, 6.45) is 6.36. The number of benzene rings is 2. The fourth-order valence-corrected chi connectivity index (χ4v) is 4.52. The van der Waals surface area contributed by atoms with Crippen LogP contribution in [0.5, 0.6) is 0 Å². The molecule has 0 spiro atoms. The molecule has 0 aliphatic carbocycles. The molecule has 2 aromatic carbocycles. The van der Waals surface area contributed by atoms with Crippen LogP contribution in [0.4, 0.5) is 4.39 Å². The zero-order valence-electron chi connectivity index (χ0n) is 18.2. The molecule has 1 saturated heterocycles. The average molecular weight is 414 g/mol. The first-order valence-electron chi connectivity index (χ1n) is 11.5. The van der Waals surface area contributed by atoms with Crippen LogP contribution in [0.3, 0.4) is 0 Å². The van der Waals surface area contributed by atoms with Crippen molar-refractivity contribution in [1.29, 1.82) is 0 Å². The number of ether oxygens (including phenoxy) is 1. The summed E-state index contributed by atoms with van der Waals surface area (Å²) in [5, 5.41) is 12.2. The molecule has 4 heteroatoms. The summed E-state index contributed by atoms with van der Waals surface area (Å²) in [5.74, 6) is -0.359. The summed E-state index contributed by atoms with van der Waals surface area (Å²) in [6, 6.07) is 16.8. The van der Waals surface area contributed by atoms with Crippen LogP contribution in [0, 0.1) is 5.82 Å². The van der Waals surface area contributed by atoms with E-state index in [2.05, 4.69) is 24.0 Å². The third-order valence-electron chi connectivity index (χ3n) is 6.33. The van der Waals surface area contributed by atoms with Gasteiger partial charge >= 0.3 is 0 Å². The van der Waals surface area contributed by atoms with E-state index in [0.29, 0.717) is 6.42 Å². The number of nitrogens with zero attached hydrogens (tertiary/aromatic N) is 1. The zero-order valence-corrected chi connectivity index (χ0v) is 18.2. The molecule has 0 amide bonds. The van der Waals surface area contributed by atoms with Gasteiger partial charge in [-0.3, -0.25) is 4.90 Å². The van der Waals surface area contributed by atoms with Crippen molar-refractivity contribution >= 4 is 0 Å². The van der Waals surface area contributed by atoms with Gasteiger partial charge in [0.05, 0.1) is 18.8 Å². The van der Waals surface area contributed by atoms with Crippen molar-refractivity contribution in [3.63, 3.8) is 0 Å². The van der Waals surface area contributed by atoms with E-state index in [4.69, 9.17) is 4.74 Å². The predicted octanol–water partition coefficient (Wildman–Crippen LogP) is 5.49. The molecular weight excluding hydrogens is 377 g/mol. The van der Waals surface area contributed by atoms with Gasteiger partial charge in [-0.25, -0.2) is 4.39 Å². The molecule has 0 radical (unpaired) electrons. The first kappa shape index (κ1) is 22.9. The predicted molar refractivity (Wildman–Crippen MR) is 120 cm³/mol. The number of hydrogen-bond acceptors (Lipinski definition) is 3. The maximum absolute atomic E-state index is 13.7. The van der Waals surface area contributed by atoms with Gasteiger partial charge in [0.15, 0.2) is 0 Å². The summed E-state index contributed by atoms with van der Waals surface area (Å²) in [4.78, 5) is 2.38. The van der Waals surface area contributed by atoms with Crippen LogP contribution in [0.1, 0.15) is 62.5 Å². The maximum Gasteiger partial charge on any atom is 0.123 e. The summed E-state index contributed by atoms with van der Waals surface area (Å²) in [6.45, 7) is 6.18. The molecule has 1 fully saturated rings. The lowest BCUT2D eigenvalue weighted by Crippen LogP contribution is -2.45. The molecule has 1 aliphatic rings. The van der Waals surface area contributed by atoms with Gasteiger partial charge in [0, 0.05) is 25.6 Å². The Labute approximate surface area is 180 Å². The molecule has 3 rings (SSSR count). The van der Waals surface area contributed by atoms with E-state index in [1.807, 2.05) is 18.2 Å². The van der Waals surface area contributed by atoms with Gasteiger partial charge in [-0.05, 0) is 29.7 Å². The van der Waals surface area contributed by atoms with Crippen molar-refractivity contribution in [2.45, 2.75) is 57.0 Å². The van der Waals surface area contributed by atoms with Crippen molar-refractivity contribution in [1.82, 2.24) is 4.90 Å². The van der Waals surface area contributed by atoms with E-state index in [0.717, 1.165) is 56.8 Å². The fourth-order valence-electron chi connectivity index (χ4n) is 4.52. The molecule has 30 heavy (non-hydrogen) atoms. The largest absolute Gasteiger partial charge is 0.384 e. The van der Waals surface area contributed by atoms with Crippen molar-refractivity contribution < 1.29 is 14.2 Å². The number of rotatable bonds is 11. The Balaban J connectivity index is 1.90. The molecule has 0 unspecified atom stereocenters. The average Bonchev–Trinajstić information content (AvgIpc) is 2.79. The van der Waals surface area contributed by atoms with Crippen LogP contribution in [0.15, 0.2) is 54.6 Å². The number of aliphatic hydroxyl groups is 1. The maximum atomic E-state index is 13.7. The monoisotopic (exact) mass is 413 g/mol. The summed E-state index contributed by atoms with van der Waals surface area (Å²) in [7, 11) is 0. The Morgan fingerprint density at radius 2 is 1.63 bits per heavy atom. The fraction of sp³-hybridized carbons (Fsp3) is 0.538. The van der Waals surface area contributed by atoms with Crippen LogP contribution in [-0.2, 0) is 10.3 Å². The molecule has 3 nitrogen and oxygen atoms in total. The quantitative estimate of drug-likeness (QED) is 0.495. The van der Waals surface area contributed by atoms with Gasteiger partial charge in [-0.1, -0.05) is 81.5 Å². The minimum atomic E-state index is -1.04. The molecule has 0 aromatic heterocycles. The molecule has 0 saturated carbocycles. The second-order valence-electron chi connectivity index (χ2n) is 8.47. The van der Waals surface area contributed by atoms with Crippen LogP contribution in [0.25, 0.3) is 0 Å². The lowest BCUT2D eigenvalue weighted by molar-refractivity contribution is -0.0296. The van der Waals surface area contributed by atoms with Crippen molar-refractivity contribution in [3.8, 4) is 0 Å². The number of unbranched alkanes of at least 4 members (excludes halogenated alkanes) is 4. The minimum Gasteiger partial charge on any atom is -0.384 e. The summed E-state index contributed by atoms with van der Waals surface area (Å²) < 4.78 is 19.2. The first-order valence-corrected chi connectivity index (χ1v) is 11.5. The number of morpholine rings is 1. The van der Waals surface area contributed by atoms with Crippen molar-refractivity contribution in [2.75, 3.05) is 32.8 Å². The topological polar surface area (TPSA) is 32.7 Å². The zero-order chi connectivity index (χ0) is 21.2. The highest BCUT2D eigenvalue weighted by molar-refractivity contribution is 5.32. The Bertz CT molecular complexity index is 730. The third-order valence-corrected chi connectivity index (χ3v) is 6.33. The highest BCUT2D eigenvalue weighted by Crippen LogP contribution is 2.42. The Hall–Kier alpha value is -1.75. The SMILES string of the molecule is CCCCCCC[C@](O)(c1ccc(F)cc1)[C@H](CN1CCOCC1)c1ccccc1. The molecule has 0 bridgehead atoms. The van der Waals surface area contributed by atoms with Crippen LogP contribution in [0.2, 0.25) is 0 Å². The molecule has 2 atom stereocenters. The Morgan fingerprint density at radius 1 is 0.967 bits per heavy atom. The Kier molecular flexibility index (Phi) is 8.86. The van der Waals surface area contributed by atoms with Crippen molar-refractivity contribution in [3.05, 3.63) is 71.5 Å². The normalized spacial score (nSPS) is 18.1. The highest BCUT2D eigenvalue weighted by Gasteiger charge is 2.40. The van der Waals surface area contributed by atoms with E-state index in [9.17, 15) is 9.50 Å². The minimum absolute atomic E-state index is 0.0894. The van der Waals surface area contributed by atoms with Gasteiger partial charge < -0.3 is 9.84 Å². The molecule has 164 valence electrons. The van der Waals surface area contributed by atoms with Gasteiger partial charge in [0.2, 0.25) is 0 Å². The summed E-state index contributed by atoms with van der Waals surface area (Å²) in [5.41, 5.74) is 0.894. The number of halogens is 1. The molecular formula is C26H36FNO2. The molecule has 1 aliphatic heterocycles. The smallest absolute Gasteiger partial charge is 0.123 e. The second-order valence-corrected chi connectivity index (χ2v) is 8.47. The van der Waals surface area contributed by atoms with Gasteiger partial charge in [-0.15, -0.1) is 0 Å². The third kappa shape index (κ3) is 6.13. The van der Waals surface area contributed by atoms with E-state index < -0.39 is 5.60 Å². The van der Waals surface area contributed by atoms with E-state index in [1.54, 1.807) is 12.1 Å². The molecule has 1 N–H and O–H groups in total. The van der Waals surface area contributed by atoms with E-state index >= 15 is 0 Å². The van der Waals surface area contributed by atoms with Crippen LogP contribution >= 0.6 is 0 Å². The van der Waals surface area contributed by atoms with Crippen LogP contribution < -0.4 is 0 Å². The van der Waals surface area contributed by atoms with E-state index in [-0.39, 0.29) is 11.7 Å². The number of hydrogen-bond donors (Lipinski definition) is 1.